The Morgan fingerprint density at radius 3 is 3.00 bits per heavy atom. The van der Waals surface area contributed by atoms with Gasteiger partial charge in [0, 0.05) is 18.2 Å². The van der Waals surface area contributed by atoms with Gasteiger partial charge in [-0.15, -0.1) is 0 Å². The SMILES string of the molecule is CC1(CNc2ccc(Cl)cc2N)CCCO1. The van der Waals surface area contributed by atoms with Crippen molar-refractivity contribution in [2.75, 3.05) is 24.2 Å². The lowest BCUT2D eigenvalue weighted by atomic mass is 10.0. The van der Waals surface area contributed by atoms with Crippen molar-refractivity contribution in [3.05, 3.63) is 23.2 Å². The van der Waals surface area contributed by atoms with Crippen molar-refractivity contribution in [1.82, 2.24) is 0 Å². The molecule has 1 fully saturated rings. The molecule has 3 nitrogen and oxygen atoms in total. The molecule has 1 saturated heterocycles. The second-order valence-electron chi connectivity index (χ2n) is 4.49. The average molecular weight is 241 g/mol. The van der Waals surface area contributed by atoms with Crippen LogP contribution in [0.4, 0.5) is 11.4 Å². The van der Waals surface area contributed by atoms with E-state index in [1.807, 2.05) is 12.1 Å². The van der Waals surface area contributed by atoms with Crippen LogP contribution >= 0.6 is 11.6 Å². The van der Waals surface area contributed by atoms with Crippen LogP contribution in [0.5, 0.6) is 0 Å². The lowest BCUT2D eigenvalue weighted by molar-refractivity contribution is 0.0315. The van der Waals surface area contributed by atoms with Gasteiger partial charge in [0.1, 0.15) is 0 Å². The third-order valence-corrected chi connectivity index (χ3v) is 3.20. The molecule has 0 radical (unpaired) electrons. The number of halogens is 1. The van der Waals surface area contributed by atoms with Crippen LogP contribution in [0, 0.1) is 0 Å². The number of benzene rings is 1. The van der Waals surface area contributed by atoms with E-state index in [1.165, 1.54) is 0 Å². The third kappa shape index (κ3) is 2.60. The van der Waals surface area contributed by atoms with Gasteiger partial charge in [-0.05, 0) is 38.0 Å². The van der Waals surface area contributed by atoms with Crippen molar-refractivity contribution in [2.45, 2.75) is 25.4 Å². The number of hydrogen-bond acceptors (Lipinski definition) is 3. The Hall–Kier alpha value is -0.930. The first-order valence-electron chi connectivity index (χ1n) is 5.52. The summed E-state index contributed by atoms with van der Waals surface area (Å²) in [6, 6.07) is 5.48. The molecule has 1 heterocycles. The van der Waals surface area contributed by atoms with E-state index in [-0.39, 0.29) is 5.60 Å². The predicted molar refractivity (Wildman–Crippen MR) is 67.9 cm³/mol. The van der Waals surface area contributed by atoms with Gasteiger partial charge in [-0.2, -0.15) is 0 Å². The maximum Gasteiger partial charge on any atom is 0.0826 e. The molecular formula is C12H17ClN2O. The largest absolute Gasteiger partial charge is 0.397 e. The molecule has 0 saturated carbocycles. The lowest BCUT2D eigenvalue weighted by Gasteiger charge is -2.24. The van der Waals surface area contributed by atoms with Gasteiger partial charge in [0.2, 0.25) is 0 Å². The van der Waals surface area contributed by atoms with Crippen LogP contribution in [0.15, 0.2) is 18.2 Å². The Bertz CT molecular complexity index is 375. The molecule has 0 spiro atoms. The second-order valence-corrected chi connectivity index (χ2v) is 4.92. The van der Waals surface area contributed by atoms with Crippen LogP contribution in [0.2, 0.25) is 5.02 Å². The van der Waals surface area contributed by atoms with Gasteiger partial charge in [0.05, 0.1) is 17.0 Å². The molecule has 0 bridgehead atoms. The molecule has 0 amide bonds. The molecule has 1 aromatic rings. The lowest BCUT2D eigenvalue weighted by Crippen LogP contribution is -2.32. The molecule has 1 unspecified atom stereocenters. The minimum Gasteiger partial charge on any atom is -0.397 e. The van der Waals surface area contributed by atoms with Crippen molar-refractivity contribution in [2.24, 2.45) is 0 Å². The van der Waals surface area contributed by atoms with Crippen molar-refractivity contribution in [3.8, 4) is 0 Å². The highest BCUT2D eigenvalue weighted by molar-refractivity contribution is 6.31. The van der Waals surface area contributed by atoms with Gasteiger partial charge in [0.25, 0.3) is 0 Å². The third-order valence-electron chi connectivity index (χ3n) is 2.97. The van der Waals surface area contributed by atoms with Crippen LogP contribution in [-0.2, 0) is 4.74 Å². The zero-order chi connectivity index (χ0) is 11.6. The summed E-state index contributed by atoms with van der Waals surface area (Å²) in [6.45, 7) is 3.76. The number of anilines is 2. The van der Waals surface area contributed by atoms with Crippen LogP contribution in [0.3, 0.4) is 0 Å². The summed E-state index contributed by atoms with van der Waals surface area (Å²) in [5, 5.41) is 3.97. The molecule has 1 aromatic carbocycles. The number of ether oxygens (including phenoxy) is 1. The van der Waals surface area contributed by atoms with Crippen molar-refractivity contribution in [3.63, 3.8) is 0 Å². The molecule has 1 aliphatic rings. The maximum atomic E-state index is 5.86. The Morgan fingerprint density at radius 2 is 2.38 bits per heavy atom. The molecule has 1 atom stereocenters. The topological polar surface area (TPSA) is 47.3 Å². The molecule has 16 heavy (non-hydrogen) atoms. The number of nitrogens with two attached hydrogens (primary N) is 1. The highest BCUT2D eigenvalue weighted by Gasteiger charge is 2.29. The van der Waals surface area contributed by atoms with Crippen LogP contribution in [-0.4, -0.2) is 18.8 Å². The molecule has 1 aliphatic heterocycles. The highest BCUT2D eigenvalue weighted by Crippen LogP contribution is 2.27. The van der Waals surface area contributed by atoms with E-state index < -0.39 is 0 Å². The van der Waals surface area contributed by atoms with E-state index >= 15 is 0 Å². The van der Waals surface area contributed by atoms with Crippen LogP contribution in [0.25, 0.3) is 0 Å². The minimum atomic E-state index is -0.0634. The van der Waals surface area contributed by atoms with E-state index in [0.29, 0.717) is 10.7 Å². The Morgan fingerprint density at radius 1 is 1.56 bits per heavy atom. The van der Waals surface area contributed by atoms with Gasteiger partial charge in [0.15, 0.2) is 0 Å². The van der Waals surface area contributed by atoms with Crippen LogP contribution in [0.1, 0.15) is 19.8 Å². The van der Waals surface area contributed by atoms with Gasteiger partial charge >= 0.3 is 0 Å². The summed E-state index contributed by atoms with van der Waals surface area (Å²) in [4.78, 5) is 0. The molecule has 4 heteroatoms. The van der Waals surface area contributed by atoms with Crippen LogP contribution < -0.4 is 11.1 Å². The first-order chi connectivity index (χ1) is 7.59. The number of rotatable bonds is 3. The Kier molecular flexibility index (Phi) is 3.26. The van der Waals surface area contributed by atoms with Gasteiger partial charge in [-0.3, -0.25) is 0 Å². The normalized spacial score (nSPS) is 24.6. The minimum absolute atomic E-state index is 0.0634. The molecular weight excluding hydrogens is 224 g/mol. The quantitative estimate of drug-likeness (QED) is 0.799. The molecule has 88 valence electrons. The smallest absolute Gasteiger partial charge is 0.0826 e. The fourth-order valence-corrected chi connectivity index (χ4v) is 2.13. The van der Waals surface area contributed by atoms with Crippen molar-refractivity contribution in [1.29, 1.82) is 0 Å². The maximum absolute atomic E-state index is 5.86. The van der Waals surface area contributed by atoms with Gasteiger partial charge in [-0.1, -0.05) is 11.6 Å². The zero-order valence-electron chi connectivity index (χ0n) is 9.42. The van der Waals surface area contributed by atoms with E-state index in [9.17, 15) is 0 Å². The fourth-order valence-electron chi connectivity index (χ4n) is 1.95. The number of nitrogens with one attached hydrogen (secondary N) is 1. The van der Waals surface area contributed by atoms with E-state index in [1.54, 1.807) is 6.07 Å². The monoisotopic (exact) mass is 240 g/mol. The van der Waals surface area contributed by atoms with Crippen molar-refractivity contribution >= 4 is 23.0 Å². The van der Waals surface area contributed by atoms with Crippen molar-refractivity contribution < 1.29 is 4.74 Å². The number of nitrogen functional groups attached to an aromatic ring is 1. The summed E-state index contributed by atoms with van der Waals surface area (Å²) in [6.07, 6.45) is 2.22. The highest BCUT2D eigenvalue weighted by atomic mass is 35.5. The summed E-state index contributed by atoms with van der Waals surface area (Å²) in [7, 11) is 0. The average Bonchev–Trinajstić information content (AvgIpc) is 2.64. The first-order valence-corrected chi connectivity index (χ1v) is 5.90. The number of hydrogen-bond donors (Lipinski definition) is 2. The summed E-state index contributed by atoms with van der Waals surface area (Å²) < 4.78 is 5.70. The second kappa shape index (κ2) is 4.52. The summed E-state index contributed by atoms with van der Waals surface area (Å²) in [5.41, 5.74) is 7.39. The zero-order valence-corrected chi connectivity index (χ0v) is 10.2. The Labute approximate surface area is 101 Å². The molecule has 3 N–H and O–H groups in total. The van der Waals surface area contributed by atoms with Gasteiger partial charge < -0.3 is 15.8 Å². The summed E-state index contributed by atoms with van der Waals surface area (Å²) in [5.74, 6) is 0. The predicted octanol–water partition coefficient (Wildman–Crippen LogP) is 2.90. The van der Waals surface area contributed by atoms with Gasteiger partial charge in [-0.25, -0.2) is 0 Å². The fraction of sp³-hybridized carbons (Fsp3) is 0.500. The molecule has 2 rings (SSSR count). The Balaban J connectivity index is 1.99. The standard InChI is InChI=1S/C12H17ClN2O/c1-12(5-2-6-16-12)8-15-11-4-3-9(13)7-10(11)14/h3-4,7,15H,2,5-6,8,14H2,1H3. The van der Waals surface area contributed by atoms with E-state index in [0.717, 1.165) is 31.7 Å². The molecule has 0 aliphatic carbocycles. The summed E-state index contributed by atoms with van der Waals surface area (Å²) >= 11 is 5.84. The first kappa shape index (κ1) is 11.6. The van der Waals surface area contributed by atoms with E-state index in [4.69, 9.17) is 22.1 Å². The molecule has 0 aromatic heterocycles. The van der Waals surface area contributed by atoms with E-state index in [2.05, 4.69) is 12.2 Å².